The summed E-state index contributed by atoms with van der Waals surface area (Å²) in [5.74, 6) is 2.34. The Morgan fingerprint density at radius 3 is 2.88 bits per heavy atom. The van der Waals surface area contributed by atoms with Crippen LogP contribution in [0.4, 0.5) is 0 Å². The van der Waals surface area contributed by atoms with Crippen molar-refractivity contribution in [3.63, 3.8) is 0 Å². The second-order valence-corrected chi connectivity index (χ2v) is 7.14. The molecule has 0 amide bonds. The van der Waals surface area contributed by atoms with Crippen LogP contribution >= 0.6 is 11.8 Å². The lowest BCUT2D eigenvalue weighted by atomic mass is 10.1. The predicted molar refractivity (Wildman–Crippen MR) is 71.1 cm³/mol. The van der Waals surface area contributed by atoms with Crippen molar-refractivity contribution in [3.05, 3.63) is 0 Å². The van der Waals surface area contributed by atoms with E-state index in [1.54, 1.807) is 0 Å². The van der Waals surface area contributed by atoms with Crippen molar-refractivity contribution < 1.29 is 0 Å². The lowest BCUT2D eigenvalue weighted by Crippen LogP contribution is -2.30. The fourth-order valence-corrected chi connectivity index (χ4v) is 4.26. The molecule has 3 rings (SSSR count). The molecule has 1 saturated carbocycles. The summed E-state index contributed by atoms with van der Waals surface area (Å²) < 4.78 is 0. The van der Waals surface area contributed by atoms with Gasteiger partial charge in [-0.1, -0.05) is 0 Å². The SMILES string of the molecule is C1CSC(CN2CCC(CNC3CC3)C2)C1. The highest BCUT2D eigenvalue weighted by Crippen LogP contribution is 2.28. The van der Waals surface area contributed by atoms with E-state index in [1.807, 2.05) is 0 Å². The molecule has 3 fully saturated rings. The van der Waals surface area contributed by atoms with Crippen LogP contribution in [0.5, 0.6) is 0 Å². The van der Waals surface area contributed by atoms with Crippen molar-refractivity contribution in [3.8, 4) is 0 Å². The molecule has 0 aromatic heterocycles. The summed E-state index contributed by atoms with van der Waals surface area (Å²) in [7, 11) is 0. The molecule has 0 aromatic carbocycles. The Morgan fingerprint density at radius 1 is 1.19 bits per heavy atom. The number of rotatable bonds is 5. The quantitative estimate of drug-likeness (QED) is 0.791. The first-order valence-corrected chi connectivity index (χ1v) is 8.02. The first-order chi connectivity index (χ1) is 7.90. The van der Waals surface area contributed by atoms with Gasteiger partial charge in [0.2, 0.25) is 0 Å². The predicted octanol–water partition coefficient (Wildman–Crippen LogP) is 1.96. The maximum absolute atomic E-state index is 3.68. The van der Waals surface area contributed by atoms with Crippen LogP contribution in [0.3, 0.4) is 0 Å². The number of thioether (sulfide) groups is 1. The zero-order valence-electron chi connectivity index (χ0n) is 10.2. The van der Waals surface area contributed by atoms with Crippen molar-refractivity contribution in [1.29, 1.82) is 0 Å². The fraction of sp³-hybridized carbons (Fsp3) is 1.00. The molecular weight excluding hydrogens is 216 g/mol. The molecule has 92 valence electrons. The zero-order chi connectivity index (χ0) is 10.8. The van der Waals surface area contributed by atoms with Crippen LogP contribution < -0.4 is 5.32 Å². The molecule has 1 aliphatic carbocycles. The van der Waals surface area contributed by atoms with Crippen LogP contribution in [-0.2, 0) is 0 Å². The van der Waals surface area contributed by atoms with Crippen LogP contribution in [0.2, 0.25) is 0 Å². The van der Waals surface area contributed by atoms with Crippen LogP contribution in [0, 0.1) is 5.92 Å². The number of nitrogens with zero attached hydrogens (tertiary/aromatic N) is 1. The minimum Gasteiger partial charge on any atom is -0.314 e. The zero-order valence-corrected chi connectivity index (χ0v) is 11.0. The molecule has 3 heteroatoms. The first kappa shape index (κ1) is 11.4. The summed E-state index contributed by atoms with van der Waals surface area (Å²) in [5.41, 5.74) is 0. The van der Waals surface area contributed by atoms with E-state index < -0.39 is 0 Å². The molecule has 0 bridgehead atoms. The molecule has 16 heavy (non-hydrogen) atoms. The second-order valence-electron chi connectivity index (χ2n) is 5.73. The molecular formula is C13H24N2S. The van der Waals surface area contributed by atoms with Gasteiger partial charge in [0.15, 0.2) is 0 Å². The second kappa shape index (κ2) is 5.28. The Balaban J connectivity index is 1.34. The molecule has 2 saturated heterocycles. The Hall–Kier alpha value is 0.270. The maximum atomic E-state index is 3.68. The number of hydrogen-bond acceptors (Lipinski definition) is 3. The van der Waals surface area contributed by atoms with Crippen molar-refractivity contribution in [2.45, 2.75) is 43.4 Å². The van der Waals surface area contributed by atoms with E-state index in [-0.39, 0.29) is 0 Å². The van der Waals surface area contributed by atoms with E-state index in [2.05, 4.69) is 22.0 Å². The van der Waals surface area contributed by atoms with Gasteiger partial charge in [-0.25, -0.2) is 0 Å². The Bertz CT molecular complexity index is 224. The third kappa shape index (κ3) is 3.14. The van der Waals surface area contributed by atoms with Gasteiger partial charge in [0.25, 0.3) is 0 Å². The van der Waals surface area contributed by atoms with Gasteiger partial charge in [-0.2, -0.15) is 11.8 Å². The molecule has 0 spiro atoms. The standard InChI is InChI=1S/C13H24N2S/c1-2-13(16-7-1)10-15-6-5-11(9-15)8-14-12-3-4-12/h11-14H,1-10H2. The average Bonchev–Trinajstić information content (AvgIpc) is 2.78. The van der Waals surface area contributed by atoms with Crippen LogP contribution in [0.15, 0.2) is 0 Å². The van der Waals surface area contributed by atoms with Gasteiger partial charge in [-0.05, 0) is 56.9 Å². The number of hydrogen-bond donors (Lipinski definition) is 1. The van der Waals surface area contributed by atoms with E-state index in [0.29, 0.717) is 0 Å². The summed E-state index contributed by atoms with van der Waals surface area (Å²) >= 11 is 2.20. The van der Waals surface area contributed by atoms with E-state index >= 15 is 0 Å². The highest BCUT2D eigenvalue weighted by Gasteiger charge is 2.28. The van der Waals surface area contributed by atoms with E-state index in [9.17, 15) is 0 Å². The molecule has 2 aliphatic heterocycles. The third-order valence-corrected chi connectivity index (χ3v) is 5.51. The molecule has 2 nitrogen and oxygen atoms in total. The minimum atomic E-state index is 0.888. The van der Waals surface area contributed by atoms with E-state index in [0.717, 1.165) is 17.2 Å². The molecule has 1 N–H and O–H groups in total. The van der Waals surface area contributed by atoms with Gasteiger partial charge >= 0.3 is 0 Å². The number of likely N-dealkylation sites (tertiary alicyclic amines) is 1. The Kier molecular flexibility index (Phi) is 3.75. The van der Waals surface area contributed by atoms with Crippen LogP contribution in [0.1, 0.15) is 32.1 Å². The fourth-order valence-electron chi connectivity index (χ4n) is 2.94. The summed E-state index contributed by atoms with van der Waals surface area (Å²) in [6, 6.07) is 0.888. The lowest BCUT2D eigenvalue weighted by Gasteiger charge is -2.19. The number of nitrogens with one attached hydrogen (secondary N) is 1. The van der Waals surface area contributed by atoms with Crippen molar-refractivity contribution in [1.82, 2.24) is 10.2 Å². The van der Waals surface area contributed by atoms with Gasteiger partial charge in [0.1, 0.15) is 0 Å². The average molecular weight is 240 g/mol. The summed E-state index contributed by atoms with van der Waals surface area (Å²) in [6.07, 6.45) is 7.20. The third-order valence-electron chi connectivity index (χ3n) is 4.13. The monoisotopic (exact) mass is 240 g/mol. The van der Waals surface area contributed by atoms with Gasteiger partial charge in [0.05, 0.1) is 0 Å². The summed E-state index contributed by atoms with van der Waals surface area (Å²) in [5, 5.41) is 4.63. The minimum absolute atomic E-state index is 0.888. The largest absolute Gasteiger partial charge is 0.314 e. The smallest absolute Gasteiger partial charge is 0.0175 e. The normalized spacial score (nSPS) is 36.0. The highest BCUT2D eigenvalue weighted by molar-refractivity contribution is 8.00. The molecule has 3 aliphatic rings. The molecule has 0 aromatic rings. The van der Waals surface area contributed by atoms with E-state index in [1.165, 1.54) is 64.0 Å². The Morgan fingerprint density at radius 2 is 2.12 bits per heavy atom. The van der Waals surface area contributed by atoms with Crippen molar-refractivity contribution >= 4 is 11.8 Å². The molecule has 2 atom stereocenters. The van der Waals surface area contributed by atoms with Crippen molar-refractivity contribution in [2.24, 2.45) is 5.92 Å². The lowest BCUT2D eigenvalue weighted by molar-refractivity contribution is 0.320. The van der Waals surface area contributed by atoms with Gasteiger partial charge in [0, 0.05) is 24.4 Å². The van der Waals surface area contributed by atoms with Crippen molar-refractivity contribution in [2.75, 3.05) is 31.9 Å². The first-order valence-electron chi connectivity index (χ1n) is 6.97. The van der Waals surface area contributed by atoms with Gasteiger partial charge in [-0.15, -0.1) is 0 Å². The summed E-state index contributed by atoms with van der Waals surface area (Å²) in [6.45, 7) is 5.36. The summed E-state index contributed by atoms with van der Waals surface area (Å²) in [4.78, 5) is 2.71. The molecule has 2 heterocycles. The van der Waals surface area contributed by atoms with E-state index in [4.69, 9.17) is 0 Å². The van der Waals surface area contributed by atoms with Gasteiger partial charge in [-0.3, -0.25) is 0 Å². The van der Waals surface area contributed by atoms with Crippen LogP contribution in [-0.4, -0.2) is 48.1 Å². The highest BCUT2D eigenvalue weighted by atomic mass is 32.2. The molecule has 2 unspecified atom stereocenters. The molecule has 0 radical (unpaired) electrons. The van der Waals surface area contributed by atoms with Crippen LogP contribution in [0.25, 0.3) is 0 Å². The maximum Gasteiger partial charge on any atom is 0.0175 e. The topological polar surface area (TPSA) is 15.3 Å². The Labute approximate surface area is 104 Å². The van der Waals surface area contributed by atoms with Gasteiger partial charge < -0.3 is 10.2 Å².